The third-order valence-electron chi connectivity index (χ3n) is 1.52. The van der Waals surface area contributed by atoms with E-state index in [0.717, 1.165) is 4.90 Å². The van der Waals surface area contributed by atoms with Gasteiger partial charge in [-0.2, -0.15) is 0 Å². The quantitative estimate of drug-likeness (QED) is 0.758. The monoisotopic (exact) mass is 249 g/mol. The van der Waals surface area contributed by atoms with E-state index in [0.29, 0.717) is 0 Å². The van der Waals surface area contributed by atoms with Gasteiger partial charge < -0.3 is 9.64 Å². The predicted octanol–water partition coefficient (Wildman–Crippen LogP) is 2.29. The maximum absolute atomic E-state index is 7.97. The van der Waals surface area contributed by atoms with Crippen molar-refractivity contribution >= 4 is 21.6 Å². The summed E-state index contributed by atoms with van der Waals surface area (Å²) in [5.41, 5.74) is -0.222. The fourth-order valence-corrected chi connectivity index (χ4v) is 1.23. The SMILES string of the molecule is [2H]c1c([2H])c(Br)c([2H])c(N2CCOC([2H])([2H])C2([2H])[2H])c1[2H]. The van der Waals surface area contributed by atoms with E-state index >= 15 is 0 Å². The molecule has 70 valence electrons. The zero-order chi connectivity index (χ0) is 16.2. The van der Waals surface area contributed by atoms with Gasteiger partial charge in [0.25, 0.3) is 0 Å². The zero-order valence-electron chi connectivity index (χ0n) is 14.6. The predicted molar refractivity (Wildman–Crippen MR) is 57.2 cm³/mol. The Labute approximate surface area is 97.9 Å². The summed E-state index contributed by atoms with van der Waals surface area (Å²) >= 11 is 3.00. The first kappa shape index (κ1) is 3.55. The molecule has 1 aliphatic rings. The van der Waals surface area contributed by atoms with Gasteiger partial charge in [0.1, 0.15) is 0 Å². The fourth-order valence-electron chi connectivity index (χ4n) is 0.946. The molecular weight excluding hydrogens is 230 g/mol. The first-order valence-electron chi connectivity index (χ1n) is 7.70. The van der Waals surface area contributed by atoms with Gasteiger partial charge >= 0.3 is 0 Å². The second-order valence-electron chi connectivity index (χ2n) is 2.38. The van der Waals surface area contributed by atoms with Crippen molar-refractivity contribution in [3.05, 3.63) is 28.6 Å². The van der Waals surface area contributed by atoms with E-state index in [-0.39, 0.29) is 35.4 Å². The number of morpholine rings is 1. The lowest BCUT2D eigenvalue weighted by Gasteiger charge is -2.28. The molecule has 0 N–H and O–H groups in total. The van der Waals surface area contributed by atoms with Crippen molar-refractivity contribution in [2.45, 2.75) is 0 Å². The zero-order valence-corrected chi connectivity index (χ0v) is 8.23. The molecule has 1 saturated heterocycles. The van der Waals surface area contributed by atoms with E-state index in [1.54, 1.807) is 0 Å². The van der Waals surface area contributed by atoms with Crippen molar-refractivity contribution in [2.24, 2.45) is 0 Å². The standard InChI is InChI=1S/C10H12BrNO/c11-9-2-1-3-10(8-9)12-4-6-13-7-5-12/h1-3,8H,4-7H2/i1D,2D,3D,4D2,6D2,8D. The molecule has 1 aliphatic heterocycles. The van der Waals surface area contributed by atoms with Crippen LogP contribution in [0.3, 0.4) is 0 Å². The van der Waals surface area contributed by atoms with Crippen LogP contribution in [-0.2, 0) is 4.74 Å². The van der Waals surface area contributed by atoms with Crippen molar-refractivity contribution in [1.82, 2.24) is 0 Å². The van der Waals surface area contributed by atoms with Crippen molar-refractivity contribution in [3.63, 3.8) is 0 Å². The number of benzene rings is 1. The highest BCUT2D eigenvalue weighted by atomic mass is 79.9. The molecule has 2 rings (SSSR count). The molecule has 2 nitrogen and oxygen atoms in total. The van der Waals surface area contributed by atoms with Gasteiger partial charge in [-0.25, -0.2) is 0 Å². The summed E-state index contributed by atoms with van der Waals surface area (Å²) in [7, 11) is 0. The average molecular weight is 250 g/mol. The molecule has 0 spiro atoms. The molecule has 1 aromatic rings. The number of halogens is 1. The smallest absolute Gasteiger partial charge is 0.0657 e. The van der Waals surface area contributed by atoms with Crippen molar-refractivity contribution in [2.75, 3.05) is 31.1 Å². The lowest BCUT2D eigenvalue weighted by atomic mass is 10.3. The van der Waals surface area contributed by atoms with E-state index in [2.05, 4.69) is 15.9 Å². The van der Waals surface area contributed by atoms with Gasteiger partial charge in [0, 0.05) is 23.2 Å². The van der Waals surface area contributed by atoms with Gasteiger partial charge in [-0.1, -0.05) is 22.0 Å². The van der Waals surface area contributed by atoms with Crippen LogP contribution in [0.4, 0.5) is 5.69 Å². The van der Waals surface area contributed by atoms with Gasteiger partial charge in [0.2, 0.25) is 0 Å². The first-order valence-corrected chi connectivity index (χ1v) is 4.49. The molecule has 0 bridgehead atoms. The molecule has 0 unspecified atom stereocenters. The molecule has 1 fully saturated rings. The average Bonchev–Trinajstić information content (AvgIpc) is 2.39. The lowest BCUT2D eigenvalue weighted by Crippen LogP contribution is -2.36. The van der Waals surface area contributed by atoms with Crippen LogP contribution in [0.25, 0.3) is 0 Å². The van der Waals surface area contributed by atoms with Gasteiger partial charge in [0.05, 0.1) is 24.1 Å². The van der Waals surface area contributed by atoms with Crippen LogP contribution < -0.4 is 4.90 Å². The topological polar surface area (TPSA) is 12.5 Å². The number of anilines is 1. The van der Waals surface area contributed by atoms with Crippen LogP contribution in [0, 0.1) is 0 Å². The minimum Gasteiger partial charge on any atom is -0.378 e. The minimum absolute atomic E-state index is 0.0265. The highest BCUT2D eigenvalue weighted by Gasteiger charge is 2.10. The summed E-state index contributed by atoms with van der Waals surface area (Å²) in [5, 5.41) is 0. The second-order valence-corrected chi connectivity index (χ2v) is 3.17. The van der Waals surface area contributed by atoms with Crippen LogP contribution in [-0.4, -0.2) is 26.2 Å². The number of nitrogens with zero attached hydrogens (tertiary/aromatic N) is 1. The molecule has 1 heterocycles. The van der Waals surface area contributed by atoms with Crippen molar-refractivity contribution in [3.8, 4) is 0 Å². The molecule has 0 radical (unpaired) electrons. The summed E-state index contributed by atoms with van der Waals surface area (Å²) in [5.74, 6) is 0. The minimum atomic E-state index is -2.61. The van der Waals surface area contributed by atoms with Gasteiger partial charge in [-0.05, 0) is 18.1 Å². The maximum Gasteiger partial charge on any atom is 0.0657 e. The third-order valence-corrected chi connectivity index (χ3v) is 1.92. The van der Waals surface area contributed by atoms with Gasteiger partial charge in [-0.3, -0.25) is 0 Å². The highest BCUT2D eigenvalue weighted by Crippen LogP contribution is 2.20. The molecule has 0 atom stereocenters. The van der Waals surface area contributed by atoms with Crippen LogP contribution in [0.15, 0.2) is 28.6 Å². The summed E-state index contributed by atoms with van der Waals surface area (Å²) in [4.78, 5) is 0.920. The van der Waals surface area contributed by atoms with E-state index < -0.39 is 25.1 Å². The summed E-state index contributed by atoms with van der Waals surface area (Å²) in [6.45, 7) is -5.39. The summed E-state index contributed by atoms with van der Waals surface area (Å²) in [6, 6.07) is -1.57. The number of hydrogen-bond acceptors (Lipinski definition) is 2. The molecule has 3 heteroatoms. The van der Waals surface area contributed by atoms with Crippen LogP contribution in [0.1, 0.15) is 11.0 Å². The highest BCUT2D eigenvalue weighted by molar-refractivity contribution is 9.10. The molecule has 0 aromatic heterocycles. The summed E-state index contributed by atoms with van der Waals surface area (Å²) < 4.78 is 67.0. The van der Waals surface area contributed by atoms with Gasteiger partial charge in [0.15, 0.2) is 0 Å². The number of ether oxygens (including phenoxy) is 1. The second kappa shape index (κ2) is 4.11. The Hall–Kier alpha value is -0.540. The normalized spacial score (nSPS) is 34.1. The third kappa shape index (κ3) is 2.23. The van der Waals surface area contributed by atoms with Crippen molar-refractivity contribution < 1.29 is 15.7 Å². The Morgan fingerprint density at radius 1 is 1.62 bits per heavy atom. The van der Waals surface area contributed by atoms with Crippen LogP contribution in [0.2, 0.25) is 0 Å². The van der Waals surface area contributed by atoms with E-state index in [9.17, 15) is 0 Å². The largest absolute Gasteiger partial charge is 0.378 e. The Bertz CT molecular complexity index is 564. The Morgan fingerprint density at radius 2 is 2.54 bits per heavy atom. The number of rotatable bonds is 1. The van der Waals surface area contributed by atoms with E-state index in [1.807, 2.05) is 0 Å². The summed E-state index contributed by atoms with van der Waals surface area (Å²) in [6.07, 6.45) is 0. The molecule has 1 aromatic carbocycles. The molecule has 13 heavy (non-hydrogen) atoms. The Kier molecular flexibility index (Phi) is 1.12. The first-order chi connectivity index (χ1) is 9.52. The molecular formula is C10H12BrNO. The van der Waals surface area contributed by atoms with Gasteiger partial charge in [-0.15, -0.1) is 0 Å². The maximum atomic E-state index is 7.97. The molecule has 0 amide bonds. The molecule has 0 saturated carbocycles. The van der Waals surface area contributed by atoms with Crippen molar-refractivity contribution in [1.29, 1.82) is 0 Å². The van der Waals surface area contributed by atoms with Crippen LogP contribution in [0.5, 0.6) is 0 Å². The van der Waals surface area contributed by atoms with Crippen LogP contribution >= 0.6 is 15.9 Å². The van der Waals surface area contributed by atoms with E-state index in [1.165, 1.54) is 0 Å². The molecule has 0 aliphatic carbocycles. The lowest BCUT2D eigenvalue weighted by molar-refractivity contribution is 0.122. The van der Waals surface area contributed by atoms with E-state index in [4.69, 9.17) is 15.7 Å². The Morgan fingerprint density at radius 3 is 3.46 bits per heavy atom. The Balaban J connectivity index is 2.67. The number of hydrogen-bond donors (Lipinski definition) is 0. The fraction of sp³-hybridized carbons (Fsp3) is 0.400.